The average Bonchev–Trinajstić information content (AvgIpc) is 3.31. The van der Waals surface area contributed by atoms with Crippen molar-refractivity contribution in [3.05, 3.63) is 52.5 Å². The van der Waals surface area contributed by atoms with Crippen LogP contribution in [0.1, 0.15) is 26.3 Å². The Balaban J connectivity index is 1.71. The molecule has 0 saturated heterocycles. The van der Waals surface area contributed by atoms with Crippen LogP contribution >= 0.6 is 22.9 Å². The quantitative estimate of drug-likeness (QED) is 0.363. The van der Waals surface area contributed by atoms with Gasteiger partial charge in [-0.15, -0.1) is 11.3 Å². The maximum absolute atomic E-state index is 12.5. The molecule has 3 heterocycles. The molecule has 0 radical (unpaired) electrons. The van der Waals surface area contributed by atoms with Crippen molar-refractivity contribution in [3.8, 4) is 22.2 Å². The molecule has 0 aliphatic carbocycles. The van der Waals surface area contributed by atoms with Gasteiger partial charge in [-0.3, -0.25) is 4.57 Å². The molecule has 0 spiro atoms. The summed E-state index contributed by atoms with van der Waals surface area (Å²) in [5.74, 6) is 0.704. The molecule has 0 fully saturated rings. The normalized spacial score (nSPS) is 11.9. The third-order valence-corrected chi connectivity index (χ3v) is 5.30. The van der Waals surface area contributed by atoms with Gasteiger partial charge in [0.05, 0.1) is 5.69 Å². The summed E-state index contributed by atoms with van der Waals surface area (Å²) in [7, 11) is 0. The lowest BCUT2D eigenvalue weighted by atomic mass is 10.1. The van der Waals surface area contributed by atoms with E-state index in [2.05, 4.69) is 0 Å². The number of halogens is 1. The number of nitrogens with zero attached hydrogens (tertiary/aromatic N) is 2. The molecule has 1 aromatic carbocycles. The van der Waals surface area contributed by atoms with Crippen LogP contribution in [0.5, 0.6) is 0 Å². The van der Waals surface area contributed by atoms with Crippen molar-refractivity contribution in [1.82, 2.24) is 9.55 Å². The third kappa shape index (κ3) is 3.45. The zero-order valence-electron chi connectivity index (χ0n) is 15.9. The Hall–Kier alpha value is -2.57. The molecule has 0 aliphatic rings. The molecule has 0 bridgehead atoms. The molecule has 0 atom stereocenters. The average molecular weight is 415 g/mol. The van der Waals surface area contributed by atoms with Gasteiger partial charge in [0, 0.05) is 33.6 Å². The molecular weight excluding hydrogens is 396 g/mol. The fraction of sp³-hybridized carbons (Fsp3) is 0.238. The van der Waals surface area contributed by atoms with Gasteiger partial charge < -0.3 is 9.15 Å². The molecule has 0 unspecified atom stereocenters. The van der Waals surface area contributed by atoms with Crippen LogP contribution in [0, 0.1) is 6.92 Å². The number of hydrogen-bond donors (Lipinski definition) is 0. The van der Waals surface area contributed by atoms with E-state index in [0.717, 1.165) is 22.2 Å². The first kappa shape index (κ1) is 18.8. The summed E-state index contributed by atoms with van der Waals surface area (Å²) in [4.78, 5) is 17.2. The molecule has 4 aromatic rings. The van der Waals surface area contributed by atoms with Crippen molar-refractivity contribution in [2.75, 3.05) is 0 Å². The van der Waals surface area contributed by atoms with Crippen LogP contribution in [0.25, 0.3) is 33.1 Å². The van der Waals surface area contributed by atoms with Crippen molar-refractivity contribution in [3.63, 3.8) is 0 Å². The van der Waals surface area contributed by atoms with Crippen LogP contribution < -0.4 is 0 Å². The standard InChI is InChI=1S/C21H19ClN2O3S/c1-12-14-8-7-13(22)10-17(14)26-18(12)15-11-28-19(23-15)16-6-5-9-24(16)20(25)27-21(2,3)4/h5-11H,1-4H3. The molecule has 0 aliphatic heterocycles. The zero-order valence-corrected chi connectivity index (χ0v) is 17.5. The first-order valence-corrected chi connectivity index (χ1v) is 10.0. The fourth-order valence-electron chi connectivity index (χ4n) is 2.96. The molecule has 3 aromatic heterocycles. The predicted molar refractivity (Wildman–Crippen MR) is 112 cm³/mol. The van der Waals surface area contributed by atoms with Crippen LogP contribution in [0.4, 0.5) is 4.79 Å². The topological polar surface area (TPSA) is 57.3 Å². The number of hydrogen-bond acceptors (Lipinski definition) is 5. The van der Waals surface area contributed by atoms with Crippen LogP contribution in [-0.2, 0) is 4.74 Å². The summed E-state index contributed by atoms with van der Waals surface area (Å²) in [6.45, 7) is 7.52. The Morgan fingerprint density at radius 3 is 2.82 bits per heavy atom. The van der Waals surface area contributed by atoms with Gasteiger partial charge in [0.1, 0.15) is 21.9 Å². The van der Waals surface area contributed by atoms with Gasteiger partial charge >= 0.3 is 6.09 Å². The lowest BCUT2D eigenvalue weighted by Crippen LogP contribution is -2.27. The maximum atomic E-state index is 12.5. The third-order valence-electron chi connectivity index (χ3n) is 4.20. The van der Waals surface area contributed by atoms with Gasteiger partial charge in [-0.25, -0.2) is 9.78 Å². The van der Waals surface area contributed by atoms with Crippen molar-refractivity contribution >= 4 is 40.0 Å². The Bertz CT molecular complexity index is 1180. The Labute approximate surface area is 171 Å². The molecule has 28 heavy (non-hydrogen) atoms. The molecule has 0 saturated carbocycles. The molecule has 0 amide bonds. The lowest BCUT2D eigenvalue weighted by molar-refractivity contribution is 0.0540. The minimum Gasteiger partial charge on any atom is -0.454 e. The SMILES string of the molecule is Cc1c(-c2csc(-c3cccn3C(=O)OC(C)(C)C)n2)oc2cc(Cl)ccc12. The number of fused-ring (bicyclic) bond motifs is 1. The highest BCUT2D eigenvalue weighted by Gasteiger charge is 2.22. The smallest absolute Gasteiger partial charge is 0.419 e. The first-order chi connectivity index (χ1) is 13.2. The molecule has 7 heteroatoms. The Morgan fingerprint density at radius 1 is 1.29 bits per heavy atom. The van der Waals surface area contributed by atoms with E-state index in [4.69, 9.17) is 25.7 Å². The summed E-state index contributed by atoms with van der Waals surface area (Å²) < 4.78 is 12.9. The lowest BCUT2D eigenvalue weighted by Gasteiger charge is -2.20. The first-order valence-electron chi connectivity index (χ1n) is 8.78. The highest BCUT2D eigenvalue weighted by molar-refractivity contribution is 7.13. The maximum Gasteiger partial charge on any atom is 0.419 e. The summed E-state index contributed by atoms with van der Waals surface area (Å²) in [5, 5.41) is 4.27. The molecule has 0 N–H and O–H groups in total. The van der Waals surface area contributed by atoms with Crippen molar-refractivity contribution in [2.24, 2.45) is 0 Å². The number of rotatable bonds is 2. The van der Waals surface area contributed by atoms with Crippen LogP contribution in [0.15, 0.2) is 46.3 Å². The van der Waals surface area contributed by atoms with Crippen LogP contribution in [-0.4, -0.2) is 21.2 Å². The van der Waals surface area contributed by atoms with E-state index in [1.807, 2.05) is 51.3 Å². The Morgan fingerprint density at radius 2 is 2.07 bits per heavy atom. The number of ether oxygens (including phenoxy) is 1. The summed E-state index contributed by atoms with van der Waals surface area (Å²) in [5.41, 5.74) is 2.57. The van der Waals surface area contributed by atoms with E-state index in [0.29, 0.717) is 21.5 Å². The number of benzene rings is 1. The van der Waals surface area contributed by atoms with Crippen molar-refractivity contribution in [2.45, 2.75) is 33.3 Å². The van der Waals surface area contributed by atoms with Gasteiger partial charge in [-0.05, 0) is 52.0 Å². The van der Waals surface area contributed by atoms with E-state index < -0.39 is 11.7 Å². The predicted octanol–water partition coefficient (Wildman–Crippen LogP) is 6.77. The second-order valence-corrected chi connectivity index (χ2v) is 8.77. The van der Waals surface area contributed by atoms with E-state index in [1.165, 1.54) is 15.9 Å². The van der Waals surface area contributed by atoms with Gasteiger partial charge in [0.2, 0.25) is 0 Å². The van der Waals surface area contributed by atoms with Crippen LogP contribution in [0.3, 0.4) is 0 Å². The van der Waals surface area contributed by atoms with Gasteiger partial charge in [-0.1, -0.05) is 11.6 Å². The highest BCUT2D eigenvalue weighted by atomic mass is 35.5. The molecular formula is C21H19ClN2O3S. The number of carbonyl (C=O) groups excluding carboxylic acids is 1. The number of furan rings is 1. The fourth-order valence-corrected chi connectivity index (χ4v) is 3.95. The number of thiazole rings is 1. The second kappa shape index (κ2) is 6.79. The summed E-state index contributed by atoms with van der Waals surface area (Å²) >= 11 is 7.52. The van der Waals surface area contributed by atoms with E-state index in [1.54, 1.807) is 18.3 Å². The second-order valence-electron chi connectivity index (χ2n) is 7.48. The molecule has 5 nitrogen and oxygen atoms in total. The Kier molecular flexibility index (Phi) is 4.56. The monoisotopic (exact) mass is 414 g/mol. The summed E-state index contributed by atoms with van der Waals surface area (Å²) in [6.07, 6.45) is 1.25. The van der Waals surface area contributed by atoms with Gasteiger partial charge in [-0.2, -0.15) is 0 Å². The van der Waals surface area contributed by atoms with Crippen LogP contribution in [0.2, 0.25) is 5.02 Å². The summed E-state index contributed by atoms with van der Waals surface area (Å²) in [6, 6.07) is 9.23. The molecule has 4 rings (SSSR count). The van der Waals surface area contributed by atoms with Crippen molar-refractivity contribution < 1.29 is 13.9 Å². The number of carbonyl (C=O) groups is 1. The largest absolute Gasteiger partial charge is 0.454 e. The highest BCUT2D eigenvalue weighted by Crippen LogP contribution is 2.36. The van der Waals surface area contributed by atoms with Gasteiger partial charge in [0.25, 0.3) is 0 Å². The molecule has 144 valence electrons. The minimum atomic E-state index is -0.570. The zero-order chi connectivity index (χ0) is 20.1. The van der Waals surface area contributed by atoms with E-state index >= 15 is 0 Å². The van der Waals surface area contributed by atoms with E-state index in [-0.39, 0.29) is 0 Å². The van der Waals surface area contributed by atoms with E-state index in [9.17, 15) is 4.79 Å². The minimum absolute atomic E-state index is 0.432. The number of aromatic nitrogens is 2. The van der Waals surface area contributed by atoms with Gasteiger partial charge in [0.15, 0.2) is 5.76 Å². The van der Waals surface area contributed by atoms with Crippen molar-refractivity contribution in [1.29, 1.82) is 0 Å². The number of aryl methyl sites for hydroxylation is 1.